The molecule has 0 heterocycles. The van der Waals surface area contributed by atoms with Crippen LogP contribution in [-0.4, -0.2) is 32.3 Å². The topological polar surface area (TPSA) is 52.6 Å². The summed E-state index contributed by atoms with van der Waals surface area (Å²) in [5, 5.41) is 0.522. The normalized spacial score (nSPS) is 14.3. The van der Waals surface area contributed by atoms with Gasteiger partial charge in [0.15, 0.2) is 14.1 Å². The molecule has 0 amide bonds. The molecule has 194 valence electrons. The van der Waals surface area contributed by atoms with Crippen LogP contribution in [0.5, 0.6) is 0 Å². The number of benzene rings is 1. The first-order valence-corrected chi connectivity index (χ1v) is 15.5. The molecule has 1 aromatic rings. The molecule has 0 aromatic heterocycles. The van der Waals surface area contributed by atoms with Gasteiger partial charge in [-0.3, -0.25) is 4.79 Å². The van der Waals surface area contributed by atoms with Gasteiger partial charge in [-0.25, -0.2) is 4.79 Å². The van der Waals surface area contributed by atoms with Crippen LogP contribution in [0, 0.1) is 13.8 Å². The highest BCUT2D eigenvalue weighted by Crippen LogP contribution is 2.38. The Kier molecular flexibility index (Phi) is 11.9. The lowest BCUT2D eigenvalue weighted by molar-refractivity contribution is -0.114. The number of ketones is 1. The molecule has 1 aromatic carbocycles. The first-order chi connectivity index (χ1) is 16.1. The van der Waals surface area contributed by atoms with Crippen LogP contribution in [-0.2, 0) is 20.4 Å². The summed E-state index contributed by atoms with van der Waals surface area (Å²) >= 11 is 6.57. The maximum atomic E-state index is 12.9. The first kappa shape index (κ1) is 31.1. The summed E-state index contributed by atoms with van der Waals surface area (Å²) in [6.07, 6.45) is 9.90. The molecule has 0 unspecified atom stereocenters. The lowest BCUT2D eigenvalue weighted by Crippen LogP contribution is -2.43. The molecule has 0 spiro atoms. The minimum absolute atomic E-state index is 0.0233. The van der Waals surface area contributed by atoms with Crippen molar-refractivity contribution in [1.82, 2.24) is 0 Å². The lowest BCUT2D eigenvalue weighted by atomic mass is 9.95. The maximum Gasteiger partial charge on any atom is 0.339 e. The number of rotatable bonds is 12. The zero-order valence-electron chi connectivity index (χ0n) is 23.0. The molecule has 4 nitrogen and oxygen atoms in total. The Bertz CT molecular complexity index is 970. The van der Waals surface area contributed by atoms with Crippen molar-refractivity contribution >= 4 is 31.7 Å². The zero-order chi connectivity index (χ0) is 27.0. The Labute approximate surface area is 218 Å². The molecule has 6 heteroatoms. The zero-order valence-corrected chi connectivity index (χ0v) is 24.7. The third-order valence-corrected chi connectivity index (χ3v) is 11.5. The van der Waals surface area contributed by atoms with Gasteiger partial charge in [-0.15, -0.1) is 6.58 Å². The van der Waals surface area contributed by atoms with Crippen molar-refractivity contribution in [3.05, 3.63) is 70.3 Å². The Morgan fingerprint density at radius 1 is 1.17 bits per heavy atom. The number of ether oxygens (including phenoxy) is 1. The van der Waals surface area contributed by atoms with Crippen molar-refractivity contribution in [2.24, 2.45) is 0 Å². The maximum absolute atomic E-state index is 12.9. The second-order valence-electron chi connectivity index (χ2n) is 10.6. The monoisotopic (exact) mass is 518 g/mol. The molecule has 0 aliphatic rings. The van der Waals surface area contributed by atoms with Gasteiger partial charge in [0.1, 0.15) is 6.10 Å². The van der Waals surface area contributed by atoms with E-state index in [-0.39, 0.29) is 29.5 Å². The van der Waals surface area contributed by atoms with Crippen molar-refractivity contribution in [2.75, 3.05) is 0 Å². The predicted molar refractivity (Wildman–Crippen MR) is 150 cm³/mol. The van der Waals surface area contributed by atoms with E-state index in [1.165, 1.54) is 0 Å². The van der Waals surface area contributed by atoms with Gasteiger partial charge < -0.3 is 9.16 Å². The summed E-state index contributed by atoms with van der Waals surface area (Å²) in [6, 6.07) is 1.85. The molecular formula is C29H43ClO4Si. The molecule has 0 N–H and O–H groups in total. The Balaban J connectivity index is 3.09. The minimum atomic E-state index is -1.95. The average Bonchev–Trinajstić information content (AvgIpc) is 2.70. The van der Waals surface area contributed by atoms with Crippen LogP contribution in [0.15, 0.2) is 43.0 Å². The molecule has 0 saturated heterocycles. The van der Waals surface area contributed by atoms with Gasteiger partial charge in [0.05, 0.1) is 11.7 Å². The summed E-state index contributed by atoms with van der Waals surface area (Å²) in [6.45, 7) is 22.2. The molecule has 0 aliphatic carbocycles. The smallest absolute Gasteiger partial charge is 0.339 e. The van der Waals surface area contributed by atoms with Gasteiger partial charge in [0.25, 0.3) is 0 Å². The average molecular weight is 519 g/mol. The molecular weight excluding hydrogens is 476 g/mol. The van der Waals surface area contributed by atoms with E-state index in [2.05, 4.69) is 40.4 Å². The highest BCUT2D eigenvalue weighted by atomic mass is 35.5. The van der Waals surface area contributed by atoms with Gasteiger partial charge in [0, 0.05) is 17.9 Å². The van der Waals surface area contributed by atoms with Gasteiger partial charge in [-0.2, -0.15) is 0 Å². The van der Waals surface area contributed by atoms with Crippen molar-refractivity contribution in [2.45, 2.75) is 98.1 Å². The Morgan fingerprint density at radius 2 is 1.80 bits per heavy atom. The number of allylic oxidation sites excluding steroid dienone is 2. The molecule has 0 bridgehead atoms. The lowest BCUT2D eigenvalue weighted by Gasteiger charge is -2.38. The van der Waals surface area contributed by atoms with Crippen LogP contribution in [0.1, 0.15) is 74.5 Å². The Morgan fingerprint density at radius 3 is 2.34 bits per heavy atom. The SMILES string of the molecule is C=CC[C@@H](C)OC(=O)c1c(C)cc(C)c(Cl)c1CC(=O)/C=C/C[C@H](/C=C/C)O[Si](C)(C)C(C)(C)C. The van der Waals surface area contributed by atoms with Gasteiger partial charge in [-0.1, -0.05) is 62.7 Å². The van der Waals surface area contributed by atoms with Crippen LogP contribution in [0.25, 0.3) is 0 Å². The minimum Gasteiger partial charge on any atom is -0.459 e. The molecule has 0 saturated carbocycles. The quantitative estimate of drug-likeness (QED) is 0.121. The molecule has 0 aliphatic heterocycles. The number of esters is 1. The summed E-state index contributed by atoms with van der Waals surface area (Å²) < 4.78 is 12.1. The number of halogens is 1. The fraction of sp³-hybridized carbons (Fsp3) is 0.517. The van der Waals surface area contributed by atoms with E-state index in [1.54, 1.807) is 12.2 Å². The summed E-state index contributed by atoms with van der Waals surface area (Å²) in [4.78, 5) is 25.9. The number of hydrogen-bond acceptors (Lipinski definition) is 4. The van der Waals surface area contributed by atoms with Gasteiger partial charge >= 0.3 is 5.97 Å². The Hall–Kier alpha value is -1.95. The number of aryl methyl sites for hydroxylation is 2. The predicted octanol–water partition coefficient (Wildman–Crippen LogP) is 8.10. The number of carbonyl (C=O) groups excluding carboxylic acids is 2. The first-order valence-electron chi connectivity index (χ1n) is 12.2. The molecule has 0 fully saturated rings. The number of carbonyl (C=O) groups is 2. The van der Waals surface area contributed by atoms with Crippen LogP contribution >= 0.6 is 11.6 Å². The number of hydrogen-bond donors (Lipinski definition) is 0. The van der Waals surface area contributed by atoms with Crippen molar-refractivity contribution in [3.8, 4) is 0 Å². The standard InChI is InChI=1S/C29H43ClO4Si/c1-11-14-22(5)33-28(32)26-20(3)18-21(4)27(30)25(26)19-23(31)16-13-17-24(15-12-2)34-35(9,10)29(6,7)8/h11-13,15-16,18,22,24H,1,14,17,19H2,2-10H3/b15-12+,16-13+/t22-,24+/m1/s1. The van der Waals surface area contributed by atoms with Crippen LogP contribution in [0.2, 0.25) is 23.2 Å². The molecule has 35 heavy (non-hydrogen) atoms. The fourth-order valence-electron chi connectivity index (χ4n) is 3.52. The van der Waals surface area contributed by atoms with E-state index in [9.17, 15) is 9.59 Å². The summed E-state index contributed by atoms with van der Waals surface area (Å²) in [5.41, 5.74) is 2.44. The largest absolute Gasteiger partial charge is 0.459 e. The third kappa shape index (κ3) is 9.21. The van der Waals surface area contributed by atoms with Gasteiger partial charge in [0.2, 0.25) is 0 Å². The highest BCUT2D eigenvalue weighted by Gasteiger charge is 2.38. The third-order valence-electron chi connectivity index (χ3n) is 6.43. The van der Waals surface area contributed by atoms with E-state index in [1.807, 2.05) is 52.0 Å². The second-order valence-corrected chi connectivity index (χ2v) is 15.8. The molecule has 1 rings (SSSR count). The van der Waals surface area contributed by atoms with Crippen LogP contribution < -0.4 is 0 Å². The van der Waals surface area contributed by atoms with E-state index < -0.39 is 14.3 Å². The van der Waals surface area contributed by atoms with Crippen molar-refractivity contribution in [1.29, 1.82) is 0 Å². The van der Waals surface area contributed by atoms with E-state index in [4.69, 9.17) is 20.8 Å². The fourth-order valence-corrected chi connectivity index (χ4v) is 5.02. The van der Waals surface area contributed by atoms with Crippen molar-refractivity contribution < 1.29 is 18.8 Å². The van der Waals surface area contributed by atoms with Gasteiger partial charge in [-0.05, 0) is 75.0 Å². The molecule has 0 radical (unpaired) electrons. The van der Waals surface area contributed by atoms with E-state index in [0.29, 0.717) is 29.0 Å². The second kappa shape index (κ2) is 13.4. The summed E-state index contributed by atoms with van der Waals surface area (Å²) in [7, 11) is -1.95. The molecule has 2 atom stereocenters. The van der Waals surface area contributed by atoms with Crippen molar-refractivity contribution in [3.63, 3.8) is 0 Å². The van der Waals surface area contributed by atoms with E-state index >= 15 is 0 Å². The van der Waals surface area contributed by atoms with Crippen LogP contribution in [0.4, 0.5) is 0 Å². The van der Waals surface area contributed by atoms with E-state index in [0.717, 1.165) is 11.1 Å². The highest BCUT2D eigenvalue weighted by molar-refractivity contribution is 6.74. The summed E-state index contributed by atoms with van der Waals surface area (Å²) in [5.74, 6) is -0.599. The van der Waals surface area contributed by atoms with Crippen LogP contribution in [0.3, 0.4) is 0 Å².